The van der Waals surface area contributed by atoms with Crippen molar-refractivity contribution in [3.8, 4) is 0 Å². The second-order valence-electron chi connectivity index (χ2n) is 3.26. The first-order chi connectivity index (χ1) is 7.29. The number of hydrogen-bond donors (Lipinski definition) is 2. The number of esters is 1. The Kier molecular flexibility index (Phi) is 6.79. The van der Waals surface area contributed by atoms with Crippen LogP contribution in [0.25, 0.3) is 0 Å². The van der Waals surface area contributed by atoms with Gasteiger partial charge in [0.15, 0.2) is 5.69 Å². The van der Waals surface area contributed by atoms with Crippen LogP contribution in [0.15, 0.2) is 12.3 Å². The Hall–Kier alpha value is -1.11. The lowest BCUT2D eigenvalue weighted by Gasteiger charge is -2.27. The highest BCUT2D eigenvalue weighted by atomic mass is 35.5. The van der Waals surface area contributed by atoms with Gasteiger partial charge in [-0.1, -0.05) is 0 Å². The molecule has 1 aromatic heterocycles. The molecule has 0 bridgehead atoms. The van der Waals surface area contributed by atoms with Gasteiger partial charge in [-0.15, -0.1) is 24.8 Å². The van der Waals surface area contributed by atoms with Gasteiger partial charge in [-0.05, 0) is 6.07 Å². The molecule has 6 nitrogen and oxygen atoms in total. The summed E-state index contributed by atoms with van der Waals surface area (Å²) in [6.45, 7) is 1.79. The van der Waals surface area contributed by atoms with Crippen molar-refractivity contribution in [1.29, 1.82) is 0 Å². The van der Waals surface area contributed by atoms with E-state index in [2.05, 4.69) is 25.3 Å². The van der Waals surface area contributed by atoms with Gasteiger partial charge in [-0.3, -0.25) is 0 Å². The van der Waals surface area contributed by atoms with Crippen molar-refractivity contribution in [1.82, 2.24) is 15.3 Å². The number of methoxy groups -OCH3 is 1. The van der Waals surface area contributed by atoms with Gasteiger partial charge < -0.3 is 15.4 Å². The van der Waals surface area contributed by atoms with Crippen LogP contribution in [-0.2, 0) is 4.74 Å². The lowest BCUT2D eigenvalue weighted by molar-refractivity contribution is 0.0594. The Morgan fingerprint density at radius 3 is 2.76 bits per heavy atom. The number of aromatic nitrogens is 2. The Morgan fingerprint density at radius 2 is 2.24 bits per heavy atom. The number of hydrogen-bond acceptors (Lipinski definition) is 6. The first-order valence-corrected chi connectivity index (χ1v) is 4.68. The van der Waals surface area contributed by atoms with Gasteiger partial charge in [0.2, 0.25) is 5.95 Å². The summed E-state index contributed by atoms with van der Waals surface area (Å²) in [4.78, 5) is 19.2. The van der Waals surface area contributed by atoms with Crippen LogP contribution in [0.4, 0.5) is 5.95 Å². The normalized spacial score (nSPS) is 13.7. The smallest absolute Gasteiger partial charge is 0.356 e. The molecule has 0 aliphatic carbocycles. The van der Waals surface area contributed by atoms with Crippen LogP contribution in [0.3, 0.4) is 0 Å². The summed E-state index contributed by atoms with van der Waals surface area (Å²) in [5.41, 5.74) is 0.266. The molecule has 2 N–H and O–H groups in total. The zero-order valence-corrected chi connectivity index (χ0v) is 10.8. The minimum atomic E-state index is -0.452. The third kappa shape index (κ3) is 3.99. The summed E-state index contributed by atoms with van der Waals surface area (Å²) in [6, 6.07) is 1.87. The van der Waals surface area contributed by atoms with Gasteiger partial charge in [0.05, 0.1) is 13.2 Å². The highest BCUT2D eigenvalue weighted by Crippen LogP contribution is 2.05. The molecule has 0 spiro atoms. The Labute approximate surface area is 111 Å². The predicted octanol–water partition coefficient (Wildman–Crippen LogP) is 0.490. The van der Waals surface area contributed by atoms with Gasteiger partial charge in [0.25, 0.3) is 0 Å². The molecule has 1 aliphatic rings. The number of ether oxygens (including phenoxy) is 1. The summed E-state index contributed by atoms with van der Waals surface area (Å²) in [6.07, 6.45) is 1.54. The van der Waals surface area contributed by atoms with E-state index in [0.29, 0.717) is 12.0 Å². The standard InChI is InChI=1S/C9H12N4O2.2ClH/c1-15-8(14)7-2-3-11-9(13-7)12-6-4-10-5-6;;/h2-3,6,10H,4-5H2,1H3,(H,11,12,13);2*1H. The minimum Gasteiger partial charge on any atom is -0.464 e. The Bertz CT molecular complexity index is 374. The Morgan fingerprint density at radius 1 is 1.53 bits per heavy atom. The molecule has 0 amide bonds. The van der Waals surface area contributed by atoms with Crippen molar-refractivity contribution in [2.45, 2.75) is 6.04 Å². The number of nitrogens with zero attached hydrogens (tertiary/aromatic N) is 2. The molecule has 1 fully saturated rings. The zero-order chi connectivity index (χ0) is 10.7. The van der Waals surface area contributed by atoms with Gasteiger partial charge >= 0.3 is 5.97 Å². The molecular weight excluding hydrogens is 267 g/mol. The number of nitrogens with one attached hydrogen (secondary N) is 2. The van der Waals surface area contributed by atoms with Gasteiger partial charge in [-0.25, -0.2) is 14.8 Å². The molecule has 0 radical (unpaired) electrons. The summed E-state index contributed by atoms with van der Waals surface area (Å²) in [5.74, 6) is 0.0107. The molecule has 0 aromatic carbocycles. The van der Waals surface area contributed by atoms with E-state index in [1.165, 1.54) is 19.4 Å². The highest BCUT2D eigenvalue weighted by molar-refractivity contribution is 5.87. The van der Waals surface area contributed by atoms with E-state index in [0.717, 1.165) is 13.1 Å². The number of carbonyl (C=O) groups is 1. The van der Waals surface area contributed by atoms with E-state index in [9.17, 15) is 4.79 Å². The van der Waals surface area contributed by atoms with Crippen molar-refractivity contribution in [2.75, 3.05) is 25.5 Å². The first-order valence-electron chi connectivity index (χ1n) is 4.68. The molecule has 17 heavy (non-hydrogen) atoms. The number of halogens is 2. The van der Waals surface area contributed by atoms with Gasteiger partial charge in [-0.2, -0.15) is 0 Å². The minimum absolute atomic E-state index is 0. The maximum absolute atomic E-state index is 11.2. The predicted molar refractivity (Wildman–Crippen MR) is 68.1 cm³/mol. The van der Waals surface area contributed by atoms with E-state index in [-0.39, 0.29) is 30.5 Å². The second-order valence-corrected chi connectivity index (χ2v) is 3.26. The molecule has 96 valence electrons. The summed E-state index contributed by atoms with van der Waals surface area (Å²) >= 11 is 0. The van der Waals surface area contributed by atoms with E-state index in [1.54, 1.807) is 0 Å². The number of anilines is 1. The van der Waals surface area contributed by atoms with Crippen molar-refractivity contribution in [3.05, 3.63) is 18.0 Å². The summed E-state index contributed by atoms with van der Waals surface area (Å²) in [5, 5.41) is 6.23. The molecule has 2 rings (SSSR count). The fraction of sp³-hybridized carbons (Fsp3) is 0.444. The molecule has 2 heterocycles. The average Bonchev–Trinajstić information content (AvgIpc) is 2.23. The van der Waals surface area contributed by atoms with Crippen molar-refractivity contribution >= 4 is 36.7 Å². The molecule has 8 heteroatoms. The molecule has 0 saturated carbocycles. The van der Waals surface area contributed by atoms with Crippen LogP contribution in [0.1, 0.15) is 10.5 Å². The van der Waals surface area contributed by atoms with Crippen molar-refractivity contribution in [3.63, 3.8) is 0 Å². The molecule has 1 saturated heterocycles. The fourth-order valence-corrected chi connectivity index (χ4v) is 1.22. The maximum atomic E-state index is 11.2. The zero-order valence-electron chi connectivity index (χ0n) is 9.17. The van der Waals surface area contributed by atoms with Crippen molar-refractivity contribution in [2.24, 2.45) is 0 Å². The summed E-state index contributed by atoms with van der Waals surface area (Å²) < 4.78 is 4.57. The number of carbonyl (C=O) groups excluding carboxylic acids is 1. The quantitative estimate of drug-likeness (QED) is 0.785. The monoisotopic (exact) mass is 280 g/mol. The molecular formula is C9H14Cl2N4O2. The van der Waals surface area contributed by atoms with Crippen LogP contribution in [0.2, 0.25) is 0 Å². The maximum Gasteiger partial charge on any atom is 0.356 e. The van der Waals surface area contributed by atoms with Gasteiger partial charge in [0.1, 0.15) is 0 Å². The van der Waals surface area contributed by atoms with Crippen molar-refractivity contribution < 1.29 is 9.53 Å². The lowest BCUT2D eigenvalue weighted by atomic mass is 10.2. The third-order valence-electron chi connectivity index (χ3n) is 2.16. The fourth-order valence-electron chi connectivity index (χ4n) is 1.22. The third-order valence-corrected chi connectivity index (χ3v) is 2.16. The second kappa shape index (κ2) is 7.26. The van der Waals surface area contributed by atoms with Crippen LogP contribution in [0.5, 0.6) is 0 Å². The van der Waals surface area contributed by atoms with E-state index < -0.39 is 5.97 Å². The average molecular weight is 281 g/mol. The van der Waals surface area contributed by atoms with E-state index in [1.807, 2.05) is 0 Å². The van der Waals surface area contributed by atoms with Crippen LogP contribution >= 0.6 is 24.8 Å². The molecule has 0 unspecified atom stereocenters. The molecule has 0 atom stereocenters. The van der Waals surface area contributed by atoms with Crippen LogP contribution in [0, 0.1) is 0 Å². The largest absolute Gasteiger partial charge is 0.464 e. The van der Waals surface area contributed by atoms with E-state index in [4.69, 9.17) is 0 Å². The molecule has 1 aliphatic heterocycles. The Balaban J connectivity index is 0.00000128. The van der Waals surface area contributed by atoms with Gasteiger partial charge in [0, 0.05) is 19.3 Å². The summed E-state index contributed by atoms with van der Waals surface area (Å²) in [7, 11) is 1.33. The highest BCUT2D eigenvalue weighted by Gasteiger charge is 2.17. The number of rotatable bonds is 3. The van der Waals surface area contributed by atoms with E-state index >= 15 is 0 Å². The lowest BCUT2D eigenvalue weighted by Crippen LogP contribution is -2.51. The SMILES string of the molecule is COC(=O)c1ccnc(NC2CNC2)n1.Cl.Cl. The topological polar surface area (TPSA) is 76.1 Å². The van der Waals surface area contributed by atoms with Crippen LogP contribution in [-0.4, -0.2) is 42.2 Å². The molecule has 1 aromatic rings. The van der Waals surface area contributed by atoms with Crippen LogP contribution < -0.4 is 10.6 Å². The first kappa shape index (κ1) is 15.9.